The molecule has 3 amide bonds. The molecule has 162 valence electrons. The molecule has 0 spiro atoms. The van der Waals surface area contributed by atoms with E-state index in [-0.39, 0.29) is 24.1 Å². The molecule has 31 heavy (non-hydrogen) atoms. The zero-order chi connectivity index (χ0) is 21.8. The Balaban J connectivity index is 1.34. The lowest BCUT2D eigenvalue weighted by Crippen LogP contribution is -2.32. The summed E-state index contributed by atoms with van der Waals surface area (Å²) in [5.41, 5.74) is 2.55. The van der Waals surface area contributed by atoms with Crippen molar-refractivity contribution in [1.82, 2.24) is 5.32 Å². The molecule has 2 aliphatic rings. The molecular weight excluding hydrogens is 394 g/mol. The van der Waals surface area contributed by atoms with Gasteiger partial charge in [0.15, 0.2) is 0 Å². The molecule has 2 saturated heterocycles. The summed E-state index contributed by atoms with van der Waals surface area (Å²) in [6.07, 6.45) is 1.68. The van der Waals surface area contributed by atoms with Gasteiger partial charge in [-0.3, -0.25) is 14.4 Å². The van der Waals surface area contributed by atoms with Crippen molar-refractivity contribution in [3.63, 3.8) is 0 Å². The number of nitrogens with zero attached hydrogens (tertiary/aromatic N) is 2. The van der Waals surface area contributed by atoms with Gasteiger partial charge in [0.25, 0.3) is 0 Å². The number of rotatable bonds is 7. The van der Waals surface area contributed by atoms with Gasteiger partial charge in [0, 0.05) is 38.2 Å². The van der Waals surface area contributed by atoms with E-state index in [1.807, 2.05) is 55.5 Å². The van der Waals surface area contributed by atoms with Crippen LogP contribution in [0.25, 0.3) is 0 Å². The number of hydrogen-bond donors (Lipinski definition) is 1. The summed E-state index contributed by atoms with van der Waals surface area (Å²) in [4.78, 5) is 40.6. The van der Waals surface area contributed by atoms with Crippen LogP contribution < -0.4 is 19.9 Å². The average molecular weight is 421 g/mol. The van der Waals surface area contributed by atoms with Gasteiger partial charge in [-0.15, -0.1) is 0 Å². The number of benzene rings is 2. The SMILES string of the molecule is CCOc1ccccc1N1C[C@@H](C(=O)NCc2ccc(N3CCCC3=O)cc2)CC1=O. The molecule has 0 aromatic heterocycles. The molecule has 7 heteroatoms. The predicted molar refractivity (Wildman–Crippen MR) is 118 cm³/mol. The number of carbonyl (C=O) groups is 3. The summed E-state index contributed by atoms with van der Waals surface area (Å²) in [6, 6.07) is 15.1. The largest absolute Gasteiger partial charge is 0.492 e. The number of amides is 3. The van der Waals surface area contributed by atoms with Crippen molar-refractivity contribution >= 4 is 29.1 Å². The molecule has 2 aliphatic heterocycles. The number of hydrogen-bond acceptors (Lipinski definition) is 4. The number of nitrogens with one attached hydrogen (secondary N) is 1. The van der Waals surface area contributed by atoms with Crippen LogP contribution in [0.4, 0.5) is 11.4 Å². The quantitative estimate of drug-likeness (QED) is 0.746. The second-order valence-electron chi connectivity index (χ2n) is 7.84. The Bertz CT molecular complexity index is 973. The van der Waals surface area contributed by atoms with Gasteiger partial charge in [-0.05, 0) is 43.2 Å². The average Bonchev–Trinajstić information content (AvgIpc) is 3.38. The molecule has 1 N–H and O–H groups in total. The van der Waals surface area contributed by atoms with E-state index in [1.54, 1.807) is 9.80 Å². The van der Waals surface area contributed by atoms with Gasteiger partial charge >= 0.3 is 0 Å². The minimum Gasteiger partial charge on any atom is -0.492 e. The lowest BCUT2D eigenvalue weighted by atomic mass is 10.1. The van der Waals surface area contributed by atoms with Crippen molar-refractivity contribution in [2.75, 3.05) is 29.5 Å². The van der Waals surface area contributed by atoms with Crippen LogP contribution in [0.1, 0.15) is 31.7 Å². The Kier molecular flexibility index (Phi) is 6.21. The summed E-state index contributed by atoms with van der Waals surface area (Å²) in [5, 5.41) is 2.94. The maximum atomic E-state index is 12.7. The van der Waals surface area contributed by atoms with E-state index >= 15 is 0 Å². The first-order valence-corrected chi connectivity index (χ1v) is 10.8. The topological polar surface area (TPSA) is 79.0 Å². The van der Waals surface area contributed by atoms with Gasteiger partial charge in [0.05, 0.1) is 18.2 Å². The van der Waals surface area contributed by atoms with E-state index in [1.165, 1.54) is 0 Å². The number of anilines is 2. The van der Waals surface area contributed by atoms with Crippen LogP contribution in [0.2, 0.25) is 0 Å². The minimum absolute atomic E-state index is 0.0769. The first kappa shape index (κ1) is 20.9. The molecule has 1 atom stereocenters. The monoisotopic (exact) mass is 421 g/mol. The summed E-state index contributed by atoms with van der Waals surface area (Å²) < 4.78 is 5.63. The number of carbonyl (C=O) groups excluding carboxylic acids is 3. The summed E-state index contributed by atoms with van der Waals surface area (Å²) >= 11 is 0. The van der Waals surface area contributed by atoms with Gasteiger partial charge in [0.1, 0.15) is 5.75 Å². The first-order chi connectivity index (χ1) is 15.1. The molecule has 0 saturated carbocycles. The molecular formula is C24H27N3O4. The highest BCUT2D eigenvalue weighted by Gasteiger charge is 2.36. The standard InChI is InChI=1S/C24H27N3O4/c1-2-31-21-7-4-3-6-20(21)27-16-18(14-23(27)29)24(30)25-15-17-9-11-19(12-10-17)26-13-5-8-22(26)28/h3-4,6-7,9-12,18H,2,5,8,13-16H2,1H3,(H,25,30)/t18-/m0/s1. The van der Waals surface area contributed by atoms with Crippen LogP contribution in [0, 0.1) is 5.92 Å². The molecule has 0 unspecified atom stereocenters. The van der Waals surface area contributed by atoms with Crippen molar-refractivity contribution < 1.29 is 19.1 Å². The van der Waals surface area contributed by atoms with E-state index in [9.17, 15) is 14.4 Å². The summed E-state index contributed by atoms with van der Waals surface area (Å²) in [5.74, 6) is 0.192. The van der Waals surface area contributed by atoms with Crippen LogP contribution in [0.3, 0.4) is 0 Å². The number of para-hydroxylation sites is 2. The smallest absolute Gasteiger partial charge is 0.227 e. The second kappa shape index (κ2) is 9.20. The van der Waals surface area contributed by atoms with Gasteiger partial charge in [0.2, 0.25) is 17.7 Å². The lowest BCUT2D eigenvalue weighted by molar-refractivity contribution is -0.126. The van der Waals surface area contributed by atoms with Crippen LogP contribution in [-0.4, -0.2) is 37.4 Å². The lowest BCUT2D eigenvalue weighted by Gasteiger charge is -2.20. The third kappa shape index (κ3) is 4.55. The molecule has 0 bridgehead atoms. The fraction of sp³-hybridized carbons (Fsp3) is 0.375. The second-order valence-corrected chi connectivity index (χ2v) is 7.84. The highest BCUT2D eigenvalue weighted by Crippen LogP contribution is 2.33. The van der Waals surface area contributed by atoms with Crippen LogP contribution in [0.5, 0.6) is 5.75 Å². The third-order valence-electron chi connectivity index (χ3n) is 5.74. The minimum atomic E-state index is -0.399. The summed E-state index contributed by atoms with van der Waals surface area (Å²) in [7, 11) is 0. The fourth-order valence-corrected chi connectivity index (χ4v) is 4.12. The van der Waals surface area contributed by atoms with Gasteiger partial charge in [-0.1, -0.05) is 24.3 Å². The fourth-order valence-electron chi connectivity index (χ4n) is 4.12. The maximum absolute atomic E-state index is 12.7. The molecule has 2 heterocycles. The molecule has 4 rings (SSSR count). The van der Waals surface area contributed by atoms with Gasteiger partial charge < -0.3 is 19.9 Å². The van der Waals surface area contributed by atoms with Gasteiger partial charge in [-0.2, -0.15) is 0 Å². The Hall–Kier alpha value is -3.35. The molecule has 2 aromatic carbocycles. The van der Waals surface area contributed by atoms with Crippen LogP contribution >= 0.6 is 0 Å². The third-order valence-corrected chi connectivity index (χ3v) is 5.74. The van der Waals surface area contributed by atoms with Crippen molar-refractivity contribution in [3.05, 3.63) is 54.1 Å². The Morgan fingerprint density at radius 3 is 2.55 bits per heavy atom. The normalized spacial score (nSPS) is 18.5. The first-order valence-electron chi connectivity index (χ1n) is 10.8. The van der Waals surface area contributed by atoms with Crippen molar-refractivity contribution in [3.8, 4) is 5.75 Å². The van der Waals surface area contributed by atoms with E-state index in [0.29, 0.717) is 37.6 Å². The van der Waals surface area contributed by atoms with Crippen molar-refractivity contribution in [2.45, 2.75) is 32.7 Å². The Labute approximate surface area is 182 Å². The maximum Gasteiger partial charge on any atom is 0.227 e. The van der Waals surface area contributed by atoms with Crippen LogP contribution in [-0.2, 0) is 20.9 Å². The molecule has 0 radical (unpaired) electrons. The summed E-state index contributed by atoms with van der Waals surface area (Å²) in [6.45, 7) is 3.88. The van der Waals surface area contributed by atoms with E-state index < -0.39 is 5.92 Å². The molecule has 2 aromatic rings. The van der Waals surface area contributed by atoms with Gasteiger partial charge in [-0.25, -0.2) is 0 Å². The zero-order valence-electron chi connectivity index (χ0n) is 17.7. The van der Waals surface area contributed by atoms with Crippen LogP contribution in [0.15, 0.2) is 48.5 Å². The Morgan fingerprint density at radius 2 is 1.84 bits per heavy atom. The molecule has 7 nitrogen and oxygen atoms in total. The number of ether oxygens (including phenoxy) is 1. The Morgan fingerprint density at radius 1 is 1.06 bits per heavy atom. The highest BCUT2D eigenvalue weighted by atomic mass is 16.5. The van der Waals surface area contributed by atoms with E-state index in [4.69, 9.17) is 4.74 Å². The van der Waals surface area contributed by atoms with E-state index in [2.05, 4.69) is 5.32 Å². The zero-order valence-corrected chi connectivity index (χ0v) is 17.7. The predicted octanol–water partition coefficient (Wildman–Crippen LogP) is 2.88. The molecule has 2 fully saturated rings. The van der Waals surface area contributed by atoms with Crippen molar-refractivity contribution in [2.24, 2.45) is 5.92 Å². The van der Waals surface area contributed by atoms with Crippen molar-refractivity contribution in [1.29, 1.82) is 0 Å². The van der Waals surface area contributed by atoms with E-state index in [0.717, 1.165) is 24.2 Å². The molecule has 0 aliphatic carbocycles. The highest BCUT2D eigenvalue weighted by molar-refractivity contribution is 6.01.